The topological polar surface area (TPSA) is 109 Å². The normalized spacial score (nSPS) is 16.8. The molecule has 0 spiro atoms. The van der Waals surface area contributed by atoms with Crippen molar-refractivity contribution >= 4 is 37.4 Å². The van der Waals surface area contributed by atoms with Crippen LogP contribution in [-0.2, 0) is 14.3 Å². The van der Waals surface area contributed by atoms with Gasteiger partial charge in [0.05, 0.1) is 31.1 Å². The maximum absolute atomic E-state index is 13.1. The first kappa shape index (κ1) is 21.6. The molecule has 2 unspecified atom stereocenters. The first-order valence-corrected chi connectivity index (χ1v) is 11.1. The van der Waals surface area contributed by atoms with E-state index in [9.17, 15) is 13.7 Å². The molecule has 4 rings (SSSR count). The Morgan fingerprint density at radius 1 is 0.969 bits per heavy atom. The predicted molar refractivity (Wildman–Crippen MR) is 122 cm³/mol. The van der Waals surface area contributed by atoms with E-state index in [1.165, 1.54) is 25.3 Å². The molecule has 0 aromatic heterocycles. The van der Waals surface area contributed by atoms with E-state index in [1.807, 2.05) is 30.3 Å². The van der Waals surface area contributed by atoms with Crippen LogP contribution in [0.2, 0.25) is 0 Å². The van der Waals surface area contributed by atoms with Crippen molar-refractivity contribution in [1.29, 1.82) is 10.7 Å². The molecule has 162 valence electrons. The first-order chi connectivity index (χ1) is 15.4. The molecule has 0 saturated heterocycles. The van der Waals surface area contributed by atoms with E-state index in [2.05, 4.69) is 0 Å². The summed E-state index contributed by atoms with van der Waals surface area (Å²) in [6.45, 7) is 0. The van der Waals surface area contributed by atoms with Crippen LogP contribution >= 0.6 is 0 Å². The van der Waals surface area contributed by atoms with Gasteiger partial charge >= 0.3 is 0 Å². The highest BCUT2D eigenvalue weighted by Gasteiger charge is 2.30. The van der Waals surface area contributed by atoms with Crippen LogP contribution in [0.25, 0.3) is 21.5 Å². The van der Waals surface area contributed by atoms with E-state index in [-0.39, 0.29) is 10.6 Å². The molecule has 3 aromatic carbocycles. The van der Waals surface area contributed by atoms with Gasteiger partial charge in [-0.05, 0) is 24.3 Å². The molecule has 0 amide bonds. The van der Waals surface area contributed by atoms with Gasteiger partial charge in [0.15, 0.2) is 6.10 Å². The Bertz CT molecular complexity index is 1430. The number of methoxy groups -OCH3 is 2. The van der Waals surface area contributed by atoms with Crippen molar-refractivity contribution in [2.45, 2.75) is 11.0 Å². The van der Waals surface area contributed by atoms with E-state index in [0.29, 0.717) is 22.3 Å². The lowest BCUT2D eigenvalue weighted by Gasteiger charge is -2.20. The highest BCUT2D eigenvalue weighted by Crippen LogP contribution is 2.43. The molecule has 2 atom stereocenters. The van der Waals surface area contributed by atoms with Crippen molar-refractivity contribution in [3.63, 3.8) is 0 Å². The molecular weight excluding hydrogens is 428 g/mol. The number of nitrogens with one attached hydrogen (secondary N) is 1. The van der Waals surface area contributed by atoms with Gasteiger partial charge in [-0.3, -0.25) is 0 Å². The average Bonchev–Trinajstić information content (AvgIpc) is 2.81. The fourth-order valence-electron chi connectivity index (χ4n) is 3.85. The molecule has 7 nitrogen and oxygen atoms in total. The van der Waals surface area contributed by atoms with E-state index in [4.69, 9.17) is 19.1 Å². The lowest BCUT2D eigenvalue weighted by molar-refractivity contribution is 0.243. The van der Waals surface area contributed by atoms with Crippen LogP contribution in [0.15, 0.2) is 71.7 Å². The predicted octanol–water partition coefficient (Wildman–Crippen LogP) is 4.37. The third-order valence-corrected chi connectivity index (χ3v) is 6.63. The highest BCUT2D eigenvalue weighted by molar-refractivity contribution is 7.86. The minimum atomic E-state index is -4.31. The number of benzene rings is 3. The molecular formula is C24H20N2O5S. The molecule has 0 fully saturated rings. The number of hydrogen-bond donors (Lipinski definition) is 1. The molecule has 0 radical (unpaired) electrons. The third-order valence-electron chi connectivity index (χ3n) is 5.34. The molecule has 0 aliphatic heterocycles. The molecule has 0 heterocycles. The monoisotopic (exact) mass is 448 g/mol. The minimum Gasteiger partial charge on any atom is -0.495 e. The lowest BCUT2D eigenvalue weighted by Crippen LogP contribution is -2.30. The van der Waals surface area contributed by atoms with E-state index < -0.39 is 22.1 Å². The van der Waals surface area contributed by atoms with Crippen molar-refractivity contribution in [1.82, 2.24) is 0 Å². The molecule has 1 aliphatic rings. The van der Waals surface area contributed by atoms with Crippen molar-refractivity contribution in [2.24, 2.45) is 5.92 Å². The molecule has 8 heteroatoms. The van der Waals surface area contributed by atoms with E-state index in [0.717, 1.165) is 10.8 Å². The lowest BCUT2D eigenvalue weighted by atomic mass is 9.94. The third kappa shape index (κ3) is 3.62. The van der Waals surface area contributed by atoms with Crippen LogP contribution in [0.4, 0.5) is 0 Å². The van der Waals surface area contributed by atoms with Gasteiger partial charge in [-0.15, -0.1) is 0 Å². The van der Waals surface area contributed by atoms with E-state index in [1.54, 1.807) is 31.4 Å². The van der Waals surface area contributed by atoms with Crippen LogP contribution in [0.5, 0.6) is 11.5 Å². The number of allylic oxidation sites excluding steroid dienone is 3. The Kier molecular flexibility index (Phi) is 5.70. The minimum absolute atomic E-state index is 0.102. The standard InChI is InChI=1S/C24H20N2O5S/c1-29-23-16-7-3-4-8-17(16)24(30-2)20-13-15(11-12-18(20)23)32(27,28)31-22(14-25)19-9-5-6-10-21(19)26/h3-13,19,22,26H,1-2H3. The molecule has 1 N–H and O–H groups in total. The Labute approximate surface area is 185 Å². The second-order valence-electron chi connectivity index (χ2n) is 7.14. The second-order valence-corrected chi connectivity index (χ2v) is 8.72. The van der Waals surface area contributed by atoms with Gasteiger partial charge < -0.3 is 14.9 Å². The summed E-state index contributed by atoms with van der Waals surface area (Å²) in [7, 11) is -1.23. The van der Waals surface area contributed by atoms with E-state index >= 15 is 0 Å². The molecule has 0 saturated carbocycles. The zero-order chi connectivity index (χ0) is 22.9. The second kappa shape index (κ2) is 8.46. The summed E-state index contributed by atoms with van der Waals surface area (Å²) in [5.41, 5.74) is 0.102. The summed E-state index contributed by atoms with van der Waals surface area (Å²) in [6, 6.07) is 13.9. The maximum atomic E-state index is 13.1. The summed E-state index contributed by atoms with van der Waals surface area (Å²) >= 11 is 0. The summed E-state index contributed by atoms with van der Waals surface area (Å²) in [6.07, 6.45) is 5.02. The smallest absolute Gasteiger partial charge is 0.298 e. The number of hydrogen-bond acceptors (Lipinski definition) is 7. The van der Waals surface area contributed by atoms with Crippen molar-refractivity contribution in [3.05, 3.63) is 66.8 Å². The van der Waals surface area contributed by atoms with Gasteiger partial charge in [0, 0.05) is 27.3 Å². The van der Waals surface area contributed by atoms with Gasteiger partial charge in [-0.1, -0.05) is 42.5 Å². The Morgan fingerprint density at radius 2 is 1.59 bits per heavy atom. The first-order valence-electron chi connectivity index (χ1n) is 9.74. The number of rotatable bonds is 6. The summed E-state index contributed by atoms with van der Waals surface area (Å²) < 4.78 is 42.6. The number of fused-ring (bicyclic) bond motifs is 2. The summed E-state index contributed by atoms with van der Waals surface area (Å²) in [5, 5.41) is 20.3. The Balaban J connectivity index is 1.83. The zero-order valence-electron chi connectivity index (χ0n) is 17.4. The quantitative estimate of drug-likeness (QED) is 0.443. The fourth-order valence-corrected chi connectivity index (χ4v) is 4.89. The number of nitriles is 1. The SMILES string of the molecule is COc1c2ccccc2c(OC)c2cc(S(=O)(=O)OC(C#N)C3C=CC=CC3=N)ccc12. The van der Waals surface area contributed by atoms with Crippen molar-refractivity contribution < 1.29 is 22.1 Å². The summed E-state index contributed by atoms with van der Waals surface area (Å²) in [5.74, 6) is 0.329. The van der Waals surface area contributed by atoms with Crippen LogP contribution in [0.3, 0.4) is 0 Å². The van der Waals surface area contributed by atoms with Crippen LogP contribution in [0.1, 0.15) is 0 Å². The Hall–Kier alpha value is -3.67. The number of nitrogens with zero attached hydrogens (tertiary/aromatic N) is 1. The van der Waals surface area contributed by atoms with Crippen LogP contribution in [0, 0.1) is 22.7 Å². The number of ether oxygens (including phenoxy) is 2. The molecule has 3 aromatic rings. The molecule has 0 bridgehead atoms. The average molecular weight is 449 g/mol. The summed E-state index contributed by atoms with van der Waals surface area (Å²) in [4.78, 5) is -0.122. The fraction of sp³-hybridized carbons (Fsp3) is 0.167. The Morgan fingerprint density at radius 3 is 2.19 bits per heavy atom. The van der Waals surface area contributed by atoms with Gasteiger partial charge in [-0.25, -0.2) is 4.18 Å². The largest absolute Gasteiger partial charge is 0.495 e. The van der Waals surface area contributed by atoms with Gasteiger partial charge in [0.1, 0.15) is 11.5 Å². The van der Waals surface area contributed by atoms with Gasteiger partial charge in [0.2, 0.25) is 0 Å². The zero-order valence-corrected chi connectivity index (χ0v) is 18.2. The van der Waals surface area contributed by atoms with Crippen LogP contribution < -0.4 is 9.47 Å². The molecule has 1 aliphatic carbocycles. The van der Waals surface area contributed by atoms with Crippen LogP contribution in [-0.4, -0.2) is 34.5 Å². The van der Waals surface area contributed by atoms with Crippen molar-refractivity contribution in [3.8, 4) is 17.6 Å². The maximum Gasteiger partial charge on any atom is 0.298 e. The van der Waals surface area contributed by atoms with Crippen molar-refractivity contribution in [2.75, 3.05) is 14.2 Å². The van der Waals surface area contributed by atoms with Gasteiger partial charge in [-0.2, -0.15) is 13.7 Å². The highest BCUT2D eigenvalue weighted by atomic mass is 32.2. The molecule has 32 heavy (non-hydrogen) atoms. The van der Waals surface area contributed by atoms with Gasteiger partial charge in [0.25, 0.3) is 10.1 Å².